The maximum absolute atomic E-state index is 14.6. The molecule has 0 saturated heterocycles. The lowest BCUT2D eigenvalue weighted by Crippen LogP contribution is -2.16. The van der Waals surface area contributed by atoms with Gasteiger partial charge in [-0.3, -0.25) is 9.78 Å². The number of anilines is 3. The van der Waals surface area contributed by atoms with Crippen LogP contribution in [0.25, 0.3) is 33.4 Å². The molecule has 0 unspecified atom stereocenters. The van der Waals surface area contributed by atoms with Gasteiger partial charge in [-0.1, -0.05) is 18.2 Å². The molecule has 5 aromatic rings. The molecule has 198 valence electrons. The van der Waals surface area contributed by atoms with Crippen molar-refractivity contribution in [2.24, 2.45) is 0 Å². The predicted molar refractivity (Wildman–Crippen MR) is 154 cm³/mol. The van der Waals surface area contributed by atoms with Crippen LogP contribution < -0.4 is 10.2 Å². The first-order valence-corrected chi connectivity index (χ1v) is 11.8. The molecule has 0 atom stereocenters. The molecule has 3 heterocycles. The highest BCUT2D eigenvalue weighted by atomic mass is 35.5. The maximum atomic E-state index is 14.6. The number of carbonyl (C=O) groups is 1. The highest BCUT2D eigenvalue weighted by Crippen LogP contribution is 2.40. The third-order valence-corrected chi connectivity index (χ3v) is 6.41. The van der Waals surface area contributed by atoms with Gasteiger partial charge in [0.2, 0.25) is 5.91 Å². The second-order valence-corrected chi connectivity index (χ2v) is 8.87. The Morgan fingerprint density at radius 3 is 2.56 bits per heavy atom. The number of hydrogen-bond acceptors (Lipinski definition) is 5. The van der Waals surface area contributed by atoms with E-state index in [1.807, 2.05) is 30.3 Å². The van der Waals surface area contributed by atoms with Crippen LogP contribution in [0.15, 0.2) is 79.1 Å². The number of rotatable bonds is 4. The Balaban J connectivity index is 0.00000176. The third kappa shape index (κ3) is 5.26. The lowest BCUT2D eigenvalue weighted by atomic mass is 10.0. The Kier molecular flexibility index (Phi) is 8.09. The zero-order valence-corrected chi connectivity index (χ0v) is 22.3. The fourth-order valence-corrected chi connectivity index (χ4v) is 4.74. The zero-order valence-electron chi connectivity index (χ0n) is 20.7. The molecule has 39 heavy (non-hydrogen) atoms. The molecule has 0 spiro atoms. The van der Waals surface area contributed by atoms with Crippen molar-refractivity contribution in [3.05, 3.63) is 96.3 Å². The van der Waals surface area contributed by atoms with Gasteiger partial charge in [-0.05, 0) is 66.1 Å². The summed E-state index contributed by atoms with van der Waals surface area (Å²) in [5.74, 6) is -0.746. The topological polar surface area (TPSA) is 71.0 Å². The molecule has 1 aliphatic heterocycles. The number of amides is 1. The van der Waals surface area contributed by atoms with Crippen LogP contribution in [-0.2, 0) is 11.2 Å². The molecule has 0 saturated carbocycles. The lowest BCUT2D eigenvalue weighted by Gasteiger charge is -2.22. The molecule has 3 aromatic carbocycles. The van der Waals surface area contributed by atoms with E-state index < -0.39 is 11.6 Å². The summed E-state index contributed by atoms with van der Waals surface area (Å²) in [5.41, 5.74) is 4.93. The first kappa shape index (κ1) is 27.9. The van der Waals surface area contributed by atoms with Gasteiger partial charge in [0.25, 0.3) is 0 Å². The van der Waals surface area contributed by atoms with Gasteiger partial charge in [0.05, 0.1) is 5.52 Å². The van der Waals surface area contributed by atoms with Crippen molar-refractivity contribution < 1.29 is 13.6 Å². The Morgan fingerprint density at radius 2 is 1.79 bits per heavy atom. The molecule has 1 aliphatic rings. The van der Waals surface area contributed by atoms with Gasteiger partial charge in [0.1, 0.15) is 5.82 Å². The normalized spacial score (nSPS) is 11.9. The van der Waals surface area contributed by atoms with Gasteiger partial charge in [-0.2, -0.15) is 0 Å². The molecule has 0 fully saturated rings. The van der Waals surface area contributed by atoms with Gasteiger partial charge < -0.3 is 10.2 Å². The van der Waals surface area contributed by atoms with E-state index in [-0.39, 0.29) is 36.3 Å². The second kappa shape index (κ2) is 11.3. The van der Waals surface area contributed by atoms with E-state index in [0.717, 1.165) is 35.0 Å². The number of hydrogen-bond donors (Lipinski definition) is 1. The zero-order chi connectivity index (χ0) is 25.5. The van der Waals surface area contributed by atoms with E-state index >= 15 is 0 Å². The van der Waals surface area contributed by atoms with Crippen LogP contribution in [0.2, 0.25) is 0 Å². The van der Waals surface area contributed by atoms with Crippen molar-refractivity contribution in [1.29, 1.82) is 0 Å². The second-order valence-electron chi connectivity index (χ2n) is 8.87. The highest BCUT2D eigenvalue weighted by molar-refractivity contribution is 5.97. The van der Waals surface area contributed by atoms with E-state index in [0.29, 0.717) is 34.7 Å². The summed E-state index contributed by atoms with van der Waals surface area (Å²) < 4.78 is 28.6. The van der Waals surface area contributed by atoms with E-state index in [4.69, 9.17) is 9.97 Å². The molecule has 6 nitrogen and oxygen atoms in total. The fourth-order valence-electron chi connectivity index (χ4n) is 4.74. The number of aromatic nitrogens is 3. The van der Waals surface area contributed by atoms with Gasteiger partial charge in [0.15, 0.2) is 17.5 Å². The minimum absolute atomic E-state index is 0. The Morgan fingerprint density at radius 1 is 0.949 bits per heavy atom. The van der Waals surface area contributed by atoms with Crippen LogP contribution >= 0.6 is 24.8 Å². The van der Waals surface area contributed by atoms with Crippen LogP contribution in [0.1, 0.15) is 12.5 Å². The molecule has 1 N–H and O–H groups in total. The van der Waals surface area contributed by atoms with E-state index in [1.54, 1.807) is 36.7 Å². The van der Waals surface area contributed by atoms with Gasteiger partial charge in [-0.25, -0.2) is 18.7 Å². The first-order valence-electron chi connectivity index (χ1n) is 11.8. The van der Waals surface area contributed by atoms with Gasteiger partial charge in [-0.15, -0.1) is 24.8 Å². The standard InChI is InChI=1S/C29H21F2N5O.2ClH/c1-17(37)33-21-8-10-26-19(14-21)11-13-36(26)29-23-15-18(22-5-2-6-24(30)27(22)31)7-9-25(23)34-28(35-29)20-4-3-12-32-16-20;;/h2-10,12,14-16H,11,13H2,1H3,(H,33,37);2*1H. The highest BCUT2D eigenvalue weighted by Gasteiger charge is 2.25. The van der Waals surface area contributed by atoms with Crippen LogP contribution in [0.4, 0.5) is 26.0 Å². The summed E-state index contributed by atoms with van der Waals surface area (Å²) >= 11 is 0. The van der Waals surface area contributed by atoms with Crippen molar-refractivity contribution in [3.63, 3.8) is 0 Å². The summed E-state index contributed by atoms with van der Waals surface area (Å²) in [6.45, 7) is 2.14. The summed E-state index contributed by atoms with van der Waals surface area (Å²) in [6, 6.07) is 19.0. The molecule has 0 bridgehead atoms. The Hall–Kier alpha value is -4.14. The number of nitrogens with zero attached hydrogens (tertiary/aromatic N) is 4. The minimum atomic E-state index is -0.899. The van der Waals surface area contributed by atoms with Crippen LogP contribution in [0.5, 0.6) is 0 Å². The van der Waals surface area contributed by atoms with E-state index in [2.05, 4.69) is 15.2 Å². The van der Waals surface area contributed by atoms with Gasteiger partial charge >= 0.3 is 0 Å². The number of nitrogens with one attached hydrogen (secondary N) is 1. The van der Waals surface area contributed by atoms with Crippen molar-refractivity contribution in [3.8, 4) is 22.5 Å². The largest absolute Gasteiger partial charge is 0.326 e. The molecule has 0 aliphatic carbocycles. The van der Waals surface area contributed by atoms with Gasteiger partial charge in [0, 0.05) is 53.8 Å². The van der Waals surface area contributed by atoms with Crippen molar-refractivity contribution in [2.45, 2.75) is 13.3 Å². The third-order valence-electron chi connectivity index (χ3n) is 6.41. The number of halogens is 4. The smallest absolute Gasteiger partial charge is 0.221 e. The fraction of sp³-hybridized carbons (Fsp3) is 0.103. The van der Waals surface area contributed by atoms with Crippen LogP contribution in [0, 0.1) is 11.6 Å². The number of carbonyl (C=O) groups excluding carboxylic acids is 1. The number of pyridine rings is 1. The first-order chi connectivity index (χ1) is 18.0. The van der Waals surface area contributed by atoms with Crippen molar-refractivity contribution >= 4 is 58.8 Å². The molecule has 0 radical (unpaired) electrons. The number of fused-ring (bicyclic) bond motifs is 2. The van der Waals surface area contributed by atoms with E-state index in [1.165, 1.54) is 13.0 Å². The average Bonchev–Trinajstić information content (AvgIpc) is 3.32. The average molecular weight is 566 g/mol. The lowest BCUT2D eigenvalue weighted by molar-refractivity contribution is -0.114. The summed E-state index contributed by atoms with van der Waals surface area (Å²) in [6.07, 6.45) is 4.16. The molecule has 10 heteroatoms. The summed E-state index contributed by atoms with van der Waals surface area (Å²) in [4.78, 5) is 27.5. The van der Waals surface area contributed by atoms with Crippen molar-refractivity contribution in [1.82, 2.24) is 15.0 Å². The monoisotopic (exact) mass is 565 g/mol. The molecule has 1 amide bonds. The quantitative estimate of drug-likeness (QED) is 0.251. The predicted octanol–water partition coefficient (Wildman–Crippen LogP) is 7.13. The minimum Gasteiger partial charge on any atom is -0.326 e. The Labute approximate surface area is 236 Å². The molecular weight excluding hydrogens is 543 g/mol. The maximum Gasteiger partial charge on any atom is 0.221 e. The molecule has 6 rings (SSSR count). The van der Waals surface area contributed by atoms with Crippen LogP contribution in [-0.4, -0.2) is 27.4 Å². The Bertz CT molecular complexity index is 1680. The van der Waals surface area contributed by atoms with Crippen molar-refractivity contribution in [2.75, 3.05) is 16.8 Å². The van der Waals surface area contributed by atoms with Crippen LogP contribution in [0.3, 0.4) is 0 Å². The molecule has 2 aromatic heterocycles. The summed E-state index contributed by atoms with van der Waals surface area (Å²) in [7, 11) is 0. The SMILES string of the molecule is CC(=O)Nc1ccc2c(c1)CCN2c1nc(-c2cccnc2)nc2ccc(-c3cccc(F)c3F)cc12.Cl.Cl. The van der Waals surface area contributed by atoms with E-state index in [9.17, 15) is 13.6 Å². The number of benzene rings is 3. The summed E-state index contributed by atoms with van der Waals surface area (Å²) in [5, 5.41) is 3.54. The molecular formula is C29H23Cl2F2N5O.